The standard InChI is InChI=1S/C12H13BrClN3/c1-15-7-10-11(13)16-12(17(10)2)8-4-3-5-9(14)6-8/h3-6,15H,7H2,1-2H3. The maximum absolute atomic E-state index is 5.99. The summed E-state index contributed by atoms with van der Waals surface area (Å²) in [4.78, 5) is 4.52. The molecule has 2 aromatic rings. The third-order valence-electron chi connectivity index (χ3n) is 2.59. The van der Waals surface area contributed by atoms with Crippen LogP contribution in [-0.2, 0) is 13.6 Å². The Morgan fingerprint density at radius 1 is 1.47 bits per heavy atom. The van der Waals surface area contributed by atoms with Gasteiger partial charge in [0.05, 0.1) is 5.69 Å². The molecule has 0 amide bonds. The zero-order valence-corrected chi connectivity index (χ0v) is 12.0. The molecule has 0 unspecified atom stereocenters. The fourth-order valence-corrected chi connectivity index (χ4v) is 2.51. The highest BCUT2D eigenvalue weighted by Crippen LogP contribution is 2.26. The lowest BCUT2D eigenvalue weighted by molar-refractivity contribution is 0.734. The van der Waals surface area contributed by atoms with Crippen molar-refractivity contribution in [3.05, 3.63) is 39.6 Å². The molecule has 90 valence electrons. The van der Waals surface area contributed by atoms with Crippen LogP contribution in [0.3, 0.4) is 0 Å². The minimum Gasteiger partial charge on any atom is -0.329 e. The molecule has 2 rings (SSSR count). The molecule has 0 atom stereocenters. The molecule has 0 fully saturated rings. The van der Waals surface area contributed by atoms with E-state index in [4.69, 9.17) is 11.6 Å². The van der Waals surface area contributed by atoms with Gasteiger partial charge in [-0.2, -0.15) is 0 Å². The second-order valence-corrected chi connectivity index (χ2v) is 4.96. The predicted molar refractivity (Wildman–Crippen MR) is 74.1 cm³/mol. The van der Waals surface area contributed by atoms with E-state index < -0.39 is 0 Å². The molecular weight excluding hydrogens is 302 g/mol. The highest BCUT2D eigenvalue weighted by Gasteiger charge is 2.13. The van der Waals surface area contributed by atoms with Gasteiger partial charge in [-0.05, 0) is 35.1 Å². The molecule has 0 aliphatic rings. The summed E-state index contributed by atoms with van der Waals surface area (Å²) >= 11 is 9.47. The van der Waals surface area contributed by atoms with Crippen molar-refractivity contribution in [1.82, 2.24) is 14.9 Å². The van der Waals surface area contributed by atoms with E-state index >= 15 is 0 Å². The molecule has 1 N–H and O–H groups in total. The molecule has 0 spiro atoms. The lowest BCUT2D eigenvalue weighted by atomic mass is 10.2. The highest BCUT2D eigenvalue weighted by molar-refractivity contribution is 9.10. The maximum Gasteiger partial charge on any atom is 0.141 e. The van der Waals surface area contributed by atoms with Crippen molar-refractivity contribution in [1.29, 1.82) is 0 Å². The van der Waals surface area contributed by atoms with E-state index in [1.54, 1.807) is 0 Å². The monoisotopic (exact) mass is 313 g/mol. The topological polar surface area (TPSA) is 29.9 Å². The first kappa shape index (κ1) is 12.6. The summed E-state index contributed by atoms with van der Waals surface area (Å²) in [6.07, 6.45) is 0. The molecule has 0 aliphatic carbocycles. The van der Waals surface area contributed by atoms with Crippen molar-refractivity contribution in [3.63, 3.8) is 0 Å². The Kier molecular flexibility index (Phi) is 3.86. The number of hydrogen-bond acceptors (Lipinski definition) is 2. The third kappa shape index (κ3) is 2.54. The van der Waals surface area contributed by atoms with Crippen molar-refractivity contribution in [2.24, 2.45) is 7.05 Å². The van der Waals surface area contributed by atoms with Crippen molar-refractivity contribution in [2.45, 2.75) is 6.54 Å². The van der Waals surface area contributed by atoms with Crippen LogP contribution in [0.4, 0.5) is 0 Å². The number of benzene rings is 1. The van der Waals surface area contributed by atoms with Gasteiger partial charge in [0.1, 0.15) is 10.4 Å². The number of rotatable bonds is 3. The van der Waals surface area contributed by atoms with E-state index in [0.717, 1.165) is 33.3 Å². The molecule has 17 heavy (non-hydrogen) atoms. The zero-order chi connectivity index (χ0) is 12.4. The van der Waals surface area contributed by atoms with Crippen LogP contribution in [0.2, 0.25) is 5.02 Å². The summed E-state index contributed by atoms with van der Waals surface area (Å²) in [5, 5.41) is 3.84. The van der Waals surface area contributed by atoms with Crippen LogP contribution >= 0.6 is 27.5 Å². The van der Waals surface area contributed by atoms with Crippen LogP contribution in [0.25, 0.3) is 11.4 Å². The van der Waals surface area contributed by atoms with Crippen molar-refractivity contribution in [3.8, 4) is 11.4 Å². The van der Waals surface area contributed by atoms with Gasteiger partial charge < -0.3 is 9.88 Å². The normalized spacial score (nSPS) is 10.8. The first-order valence-electron chi connectivity index (χ1n) is 5.25. The van der Waals surface area contributed by atoms with Crippen LogP contribution in [0.1, 0.15) is 5.69 Å². The minimum absolute atomic E-state index is 0.719. The van der Waals surface area contributed by atoms with Gasteiger partial charge in [-0.3, -0.25) is 0 Å². The van der Waals surface area contributed by atoms with Gasteiger partial charge in [0, 0.05) is 24.2 Å². The fraction of sp³-hybridized carbons (Fsp3) is 0.250. The molecular formula is C12H13BrClN3. The summed E-state index contributed by atoms with van der Waals surface area (Å²) in [7, 11) is 3.92. The first-order valence-corrected chi connectivity index (χ1v) is 6.42. The minimum atomic E-state index is 0.719. The molecule has 0 saturated heterocycles. The van der Waals surface area contributed by atoms with E-state index in [1.807, 2.05) is 38.4 Å². The smallest absolute Gasteiger partial charge is 0.141 e. The number of nitrogens with zero attached hydrogens (tertiary/aromatic N) is 2. The second kappa shape index (κ2) is 5.21. The molecule has 0 saturated carbocycles. The number of hydrogen-bond donors (Lipinski definition) is 1. The molecule has 0 radical (unpaired) electrons. The Balaban J connectivity index is 2.50. The predicted octanol–water partition coefficient (Wildman–Crippen LogP) is 3.22. The van der Waals surface area contributed by atoms with Crippen molar-refractivity contribution < 1.29 is 0 Å². The number of aromatic nitrogens is 2. The SMILES string of the molecule is CNCc1c(Br)nc(-c2cccc(Cl)c2)n1C. The van der Waals surface area contributed by atoms with E-state index in [-0.39, 0.29) is 0 Å². The fourth-order valence-electron chi connectivity index (χ4n) is 1.74. The first-order chi connectivity index (χ1) is 8.13. The van der Waals surface area contributed by atoms with E-state index in [9.17, 15) is 0 Å². The molecule has 1 aromatic carbocycles. The lowest BCUT2D eigenvalue weighted by Gasteiger charge is -2.05. The van der Waals surface area contributed by atoms with Gasteiger partial charge in [-0.25, -0.2) is 4.98 Å². The van der Waals surface area contributed by atoms with Gasteiger partial charge in [0.15, 0.2) is 0 Å². The van der Waals surface area contributed by atoms with Crippen LogP contribution < -0.4 is 5.32 Å². The van der Waals surface area contributed by atoms with Crippen molar-refractivity contribution >= 4 is 27.5 Å². The van der Waals surface area contributed by atoms with Gasteiger partial charge in [0.2, 0.25) is 0 Å². The molecule has 1 aromatic heterocycles. The quantitative estimate of drug-likeness (QED) is 0.942. The number of halogens is 2. The summed E-state index contributed by atoms with van der Waals surface area (Å²) < 4.78 is 2.93. The van der Waals surface area contributed by atoms with E-state index in [0.29, 0.717) is 0 Å². The molecule has 5 heteroatoms. The second-order valence-electron chi connectivity index (χ2n) is 3.77. The average molecular weight is 315 g/mol. The zero-order valence-electron chi connectivity index (χ0n) is 9.67. The van der Waals surface area contributed by atoms with E-state index in [2.05, 4.69) is 30.8 Å². The van der Waals surface area contributed by atoms with Gasteiger partial charge in [-0.1, -0.05) is 23.7 Å². The summed E-state index contributed by atoms with van der Waals surface area (Å²) in [5.41, 5.74) is 2.13. The summed E-state index contributed by atoms with van der Waals surface area (Å²) in [6, 6.07) is 7.71. The number of imidazole rings is 1. The molecule has 3 nitrogen and oxygen atoms in total. The molecule has 1 heterocycles. The van der Waals surface area contributed by atoms with Gasteiger partial charge >= 0.3 is 0 Å². The summed E-state index contributed by atoms with van der Waals surface area (Å²) in [6.45, 7) is 0.769. The third-order valence-corrected chi connectivity index (χ3v) is 3.46. The average Bonchev–Trinajstić information content (AvgIpc) is 2.57. The Morgan fingerprint density at radius 3 is 2.88 bits per heavy atom. The Bertz CT molecular complexity index is 537. The lowest BCUT2D eigenvalue weighted by Crippen LogP contribution is -2.10. The Morgan fingerprint density at radius 2 is 2.24 bits per heavy atom. The van der Waals surface area contributed by atoms with E-state index in [1.165, 1.54) is 0 Å². The highest BCUT2D eigenvalue weighted by atomic mass is 79.9. The Labute approximate surface area is 114 Å². The van der Waals surface area contributed by atoms with Crippen LogP contribution in [-0.4, -0.2) is 16.6 Å². The van der Waals surface area contributed by atoms with Gasteiger partial charge in [-0.15, -0.1) is 0 Å². The summed E-state index contributed by atoms with van der Waals surface area (Å²) in [5.74, 6) is 0.907. The largest absolute Gasteiger partial charge is 0.329 e. The van der Waals surface area contributed by atoms with Crippen molar-refractivity contribution in [2.75, 3.05) is 7.05 Å². The molecule has 0 bridgehead atoms. The number of nitrogens with one attached hydrogen (secondary N) is 1. The van der Waals surface area contributed by atoms with Crippen LogP contribution in [0, 0.1) is 0 Å². The van der Waals surface area contributed by atoms with Gasteiger partial charge in [0.25, 0.3) is 0 Å². The van der Waals surface area contributed by atoms with Crippen LogP contribution in [0.15, 0.2) is 28.9 Å². The Hall–Kier alpha value is -0.840. The molecule has 0 aliphatic heterocycles. The van der Waals surface area contributed by atoms with Crippen LogP contribution in [0.5, 0.6) is 0 Å². The maximum atomic E-state index is 5.99.